The molecule has 1 fully saturated rings. The fourth-order valence-electron chi connectivity index (χ4n) is 3.28. The second kappa shape index (κ2) is 6.61. The van der Waals surface area contributed by atoms with E-state index < -0.39 is 0 Å². The lowest BCUT2D eigenvalue weighted by Crippen LogP contribution is -2.55. The molecule has 0 amide bonds. The second-order valence-corrected chi connectivity index (χ2v) is 5.28. The minimum Gasteiger partial charge on any atom is -0.329 e. The smallest absolute Gasteiger partial charge is 0.0332 e. The van der Waals surface area contributed by atoms with Crippen molar-refractivity contribution in [1.82, 2.24) is 4.90 Å². The van der Waals surface area contributed by atoms with Gasteiger partial charge in [-0.3, -0.25) is 4.90 Å². The van der Waals surface area contributed by atoms with Crippen LogP contribution in [0.3, 0.4) is 0 Å². The Morgan fingerprint density at radius 3 is 2.56 bits per heavy atom. The average Bonchev–Trinajstić information content (AvgIpc) is 2.80. The van der Waals surface area contributed by atoms with Crippen LogP contribution in [0.2, 0.25) is 0 Å². The molecule has 0 aromatic rings. The molecule has 96 valence electrons. The maximum atomic E-state index is 6.11. The summed E-state index contributed by atoms with van der Waals surface area (Å²) in [6, 6.07) is 0.792. The molecule has 16 heavy (non-hydrogen) atoms. The molecular weight excluding hydrogens is 196 g/mol. The third-order valence-corrected chi connectivity index (χ3v) is 4.49. The van der Waals surface area contributed by atoms with Crippen LogP contribution in [-0.2, 0) is 0 Å². The Kier molecular flexibility index (Phi) is 5.77. The van der Waals surface area contributed by atoms with Gasteiger partial charge in [-0.05, 0) is 38.6 Å². The van der Waals surface area contributed by atoms with Crippen molar-refractivity contribution in [2.45, 2.75) is 77.3 Å². The third kappa shape index (κ3) is 2.78. The largest absolute Gasteiger partial charge is 0.329 e. The van der Waals surface area contributed by atoms with E-state index in [4.69, 9.17) is 5.73 Å². The standard InChI is InChI=1S/C14H30N2/c1-4-7-10-14(6-3,12-15)16-11-8-9-13(16)5-2/h13H,4-12,15H2,1-3H3. The summed E-state index contributed by atoms with van der Waals surface area (Å²) in [6.07, 6.45) is 9.13. The van der Waals surface area contributed by atoms with Gasteiger partial charge in [0.2, 0.25) is 0 Å². The molecule has 1 aliphatic heterocycles. The van der Waals surface area contributed by atoms with Crippen molar-refractivity contribution < 1.29 is 0 Å². The van der Waals surface area contributed by atoms with Crippen molar-refractivity contribution in [2.24, 2.45) is 5.73 Å². The summed E-state index contributed by atoms with van der Waals surface area (Å²) in [7, 11) is 0. The highest BCUT2D eigenvalue weighted by molar-refractivity contribution is 4.96. The van der Waals surface area contributed by atoms with Crippen LogP contribution in [-0.4, -0.2) is 29.6 Å². The van der Waals surface area contributed by atoms with Crippen LogP contribution in [0.4, 0.5) is 0 Å². The number of likely N-dealkylation sites (tertiary alicyclic amines) is 1. The molecule has 1 heterocycles. The van der Waals surface area contributed by atoms with E-state index in [2.05, 4.69) is 25.7 Å². The Labute approximate surface area is 102 Å². The summed E-state index contributed by atoms with van der Waals surface area (Å²) in [5.41, 5.74) is 6.41. The van der Waals surface area contributed by atoms with Crippen molar-refractivity contribution in [3.8, 4) is 0 Å². The molecule has 2 atom stereocenters. The predicted octanol–water partition coefficient (Wildman–Crippen LogP) is 3.16. The van der Waals surface area contributed by atoms with E-state index in [0.29, 0.717) is 5.54 Å². The second-order valence-electron chi connectivity index (χ2n) is 5.28. The van der Waals surface area contributed by atoms with Gasteiger partial charge in [-0.2, -0.15) is 0 Å². The first kappa shape index (κ1) is 14.0. The zero-order valence-electron chi connectivity index (χ0n) is 11.5. The van der Waals surface area contributed by atoms with Crippen LogP contribution in [0.1, 0.15) is 65.7 Å². The first-order chi connectivity index (χ1) is 7.74. The molecule has 1 aliphatic rings. The van der Waals surface area contributed by atoms with Crippen molar-refractivity contribution in [1.29, 1.82) is 0 Å². The molecule has 0 spiro atoms. The van der Waals surface area contributed by atoms with E-state index in [9.17, 15) is 0 Å². The first-order valence-corrected chi connectivity index (χ1v) is 7.20. The van der Waals surface area contributed by atoms with Crippen LogP contribution < -0.4 is 5.73 Å². The molecule has 1 saturated heterocycles. The van der Waals surface area contributed by atoms with E-state index in [1.165, 1.54) is 51.5 Å². The highest BCUT2D eigenvalue weighted by atomic mass is 15.2. The molecule has 2 unspecified atom stereocenters. The summed E-state index contributed by atoms with van der Waals surface area (Å²) in [5.74, 6) is 0. The normalized spacial score (nSPS) is 25.9. The number of nitrogens with zero attached hydrogens (tertiary/aromatic N) is 1. The van der Waals surface area contributed by atoms with Gasteiger partial charge in [-0.25, -0.2) is 0 Å². The van der Waals surface area contributed by atoms with E-state index in [-0.39, 0.29) is 0 Å². The van der Waals surface area contributed by atoms with Gasteiger partial charge in [0, 0.05) is 18.1 Å². The Hall–Kier alpha value is -0.0800. The van der Waals surface area contributed by atoms with E-state index >= 15 is 0 Å². The lowest BCUT2D eigenvalue weighted by atomic mass is 9.86. The van der Waals surface area contributed by atoms with Gasteiger partial charge in [0.05, 0.1) is 0 Å². The Morgan fingerprint density at radius 1 is 1.31 bits per heavy atom. The maximum Gasteiger partial charge on any atom is 0.0332 e. The van der Waals surface area contributed by atoms with Crippen molar-refractivity contribution in [3.05, 3.63) is 0 Å². The van der Waals surface area contributed by atoms with Crippen LogP contribution in [0, 0.1) is 0 Å². The van der Waals surface area contributed by atoms with Crippen LogP contribution >= 0.6 is 0 Å². The maximum absolute atomic E-state index is 6.11. The van der Waals surface area contributed by atoms with Gasteiger partial charge >= 0.3 is 0 Å². The molecule has 1 rings (SSSR count). The zero-order chi connectivity index (χ0) is 12.0. The van der Waals surface area contributed by atoms with Crippen molar-refractivity contribution in [2.75, 3.05) is 13.1 Å². The fourth-order valence-corrected chi connectivity index (χ4v) is 3.28. The van der Waals surface area contributed by atoms with Crippen LogP contribution in [0.5, 0.6) is 0 Å². The van der Waals surface area contributed by atoms with Gasteiger partial charge < -0.3 is 5.73 Å². The van der Waals surface area contributed by atoms with Gasteiger partial charge in [0.15, 0.2) is 0 Å². The molecule has 0 saturated carbocycles. The third-order valence-electron chi connectivity index (χ3n) is 4.49. The number of hydrogen-bond donors (Lipinski definition) is 1. The monoisotopic (exact) mass is 226 g/mol. The van der Waals surface area contributed by atoms with E-state index in [1.54, 1.807) is 0 Å². The van der Waals surface area contributed by atoms with Gasteiger partial charge in [0.25, 0.3) is 0 Å². The van der Waals surface area contributed by atoms with Crippen molar-refractivity contribution >= 4 is 0 Å². The molecule has 2 N–H and O–H groups in total. The van der Waals surface area contributed by atoms with E-state index in [0.717, 1.165) is 12.6 Å². The van der Waals surface area contributed by atoms with Crippen LogP contribution in [0.25, 0.3) is 0 Å². The molecule has 2 nitrogen and oxygen atoms in total. The number of unbranched alkanes of at least 4 members (excludes halogenated alkanes) is 1. The quantitative estimate of drug-likeness (QED) is 0.722. The Balaban J connectivity index is 2.73. The van der Waals surface area contributed by atoms with E-state index in [1.807, 2.05) is 0 Å². The van der Waals surface area contributed by atoms with Crippen molar-refractivity contribution in [3.63, 3.8) is 0 Å². The SMILES string of the molecule is CCCCC(CC)(CN)N1CCCC1CC. The molecule has 0 aliphatic carbocycles. The summed E-state index contributed by atoms with van der Waals surface area (Å²) in [5, 5.41) is 0. The first-order valence-electron chi connectivity index (χ1n) is 7.20. The van der Waals surface area contributed by atoms with Gasteiger partial charge in [-0.1, -0.05) is 33.6 Å². The Bertz CT molecular complexity index is 187. The van der Waals surface area contributed by atoms with Gasteiger partial charge in [0.1, 0.15) is 0 Å². The number of nitrogens with two attached hydrogens (primary N) is 1. The minimum atomic E-state index is 0.299. The summed E-state index contributed by atoms with van der Waals surface area (Å²) >= 11 is 0. The molecule has 2 heteroatoms. The average molecular weight is 226 g/mol. The molecule has 0 radical (unpaired) electrons. The van der Waals surface area contributed by atoms with Gasteiger partial charge in [-0.15, -0.1) is 0 Å². The molecule has 0 aromatic heterocycles. The summed E-state index contributed by atoms with van der Waals surface area (Å²) < 4.78 is 0. The Morgan fingerprint density at radius 2 is 2.06 bits per heavy atom. The summed E-state index contributed by atoms with van der Waals surface area (Å²) in [4.78, 5) is 2.74. The number of rotatable bonds is 7. The number of hydrogen-bond acceptors (Lipinski definition) is 2. The zero-order valence-corrected chi connectivity index (χ0v) is 11.5. The lowest BCUT2D eigenvalue weighted by molar-refractivity contribution is 0.0638. The molecule has 0 aromatic carbocycles. The fraction of sp³-hybridized carbons (Fsp3) is 1.00. The molecular formula is C14H30N2. The highest BCUT2D eigenvalue weighted by Crippen LogP contribution is 2.33. The van der Waals surface area contributed by atoms with Crippen LogP contribution in [0.15, 0.2) is 0 Å². The highest BCUT2D eigenvalue weighted by Gasteiger charge is 2.39. The lowest BCUT2D eigenvalue weighted by Gasteiger charge is -2.44. The predicted molar refractivity (Wildman–Crippen MR) is 71.6 cm³/mol. The summed E-state index contributed by atoms with van der Waals surface area (Å²) in [6.45, 7) is 9.01. The molecule has 0 bridgehead atoms. The topological polar surface area (TPSA) is 29.3 Å². The minimum absolute atomic E-state index is 0.299.